The number of alkyl halides is 3. The second-order valence-electron chi connectivity index (χ2n) is 12.1. The largest absolute Gasteiger partial charge is 0.481 e. The zero-order valence-corrected chi connectivity index (χ0v) is 32.9. The molecule has 0 unspecified atom stereocenters. The number of nitrogens with two attached hydrogens (primary N) is 2. The van der Waals surface area contributed by atoms with Crippen molar-refractivity contribution in [2.45, 2.75) is 52.4 Å². The number of halogens is 3. The lowest BCUT2D eigenvalue weighted by Gasteiger charge is -2.15. The lowest BCUT2D eigenvalue weighted by atomic mass is 10.1. The van der Waals surface area contributed by atoms with E-state index in [-0.39, 0.29) is 48.7 Å². The first-order chi connectivity index (χ1) is 28.6. The third-order valence-corrected chi connectivity index (χ3v) is 8.87. The Labute approximate surface area is 340 Å². The first kappa shape index (κ1) is 46.2. The summed E-state index contributed by atoms with van der Waals surface area (Å²) in [6, 6.07) is 14.9. The van der Waals surface area contributed by atoms with Crippen molar-refractivity contribution in [1.29, 1.82) is 0 Å². The highest BCUT2D eigenvalue weighted by molar-refractivity contribution is 7.41. The number of amides is 1. The van der Waals surface area contributed by atoms with Crippen LogP contribution in [-0.2, 0) is 42.5 Å². The van der Waals surface area contributed by atoms with Crippen molar-refractivity contribution in [3.8, 4) is 11.5 Å². The molecule has 0 aliphatic heterocycles. The Kier molecular flexibility index (Phi) is 16.9. The number of ether oxygens (including phenoxy) is 2. The number of carbonyl (C=O) groups excluding carboxylic acids is 3. The van der Waals surface area contributed by atoms with Crippen molar-refractivity contribution in [1.82, 2.24) is 19.9 Å². The number of nitrogen functional groups attached to an aromatic ring is 1. The Bertz CT molecular complexity index is 2330. The van der Waals surface area contributed by atoms with Crippen LogP contribution in [0.1, 0.15) is 70.6 Å². The maximum Gasteiger partial charge on any atom is 0.416 e. The quantitative estimate of drug-likeness (QED) is 0.0389. The maximum absolute atomic E-state index is 13.2. The molecule has 2 heterocycles. The predicted molar refractivity (Wildman–Crippen MR) is 210 cm³/mol. The SMILES string of the molecule is CCOP(OCC)OCc1ccc(OC(=O)c2ccc(C(F)(F)F)cc2OC(=O)CCCC(=O)O)cc1.NC(=O)c1ccc(NCc2cnc3nc(N)[nH]c(=O)c3n2)cc1. The van der Waals surface area contributed by atoms with Crippen LogP contribution in [0.2, 0.25) is 0 Å². The molecule has 318 valence electrons. The Hall–Kier alpha value is -6.54. The molecule has 0 aliphatic carbocycles. The Morgan fingerprint density at radius 1 is 0.900 bits per heavy atom. The minimum Gasteiger partial charge on any atom is -0.481 e. The third kappa shape index (κ3) is 14.4. The fourth-order valence-electron chi connectivity index (χ4n) is 4.78. The molecule has 3 aromatic carbocycles. The summed E-state index contributed by atoms with van der Waals surface area (Å²) >= 11 is 0. The molecule has 0 aliphatic rings. The van der Waals surface area contributed by atoms with E-state index in [1.807, 2.05) is 13.8 Å². The van der Waals surface area contributed by atoms with Crippen molar-refractivity contribution in [3.05, 3.63) is 111 Å². The van der Waals surface area contributed by atoms with Gasteiger partial charge in [-0.15, -0.1) is 0 Å². The molecule has 0 atom stereocenters. The van der Waals surface area contributed by atoms with E-state index in [9.17, 15) is 37.1 Å². The van der Waals surface area contributed by atoms with Gasteiger partial charge in [-0.25, -0.2) is 14.8 Å². The molecule has 18 nitrogen and oxygen atoms in total. The molecule has 0 radical (unpaired) electrons. The van der Waals surface area contributed by atoms with Gasteiger partial charge in [0.05, 0.1) is 43.8 Å². The number of aromatic nitrogens is 4. The monoisotopic (exact) mass is 857 g/mol. The lowest BCUT2D eigenvalue weighted by Crippen LogP contribution is -2.16. The highest BCUT2D eigenvalue weighted by Gasteiger charge is 2.32. The molecule has 5 rings (SSSR count). The number of H-pyrrole nitrogens is 1. The van der Waals surface area contributed by atoms with E-state index < -0.39 is 61.0 Å². The number of nitrogens with zero attached hydrogens (tertiary/aromatic N) is 3. The van der Waals surface area contributed by atoms with E-state index >= 15 is 0 Å². The molecule has 7 N–H and O–H groups in total. The summed E-state index contributed by atoms with van der Waals surface area (Å²) in [4.78, 5) is 72.7. The average molecular weight is 858 g/mol. The van der Waals surface area contributed by atoms with Crippen molar-refractivity contribution in [3.63, 3.8) is 0 Å². The number of esters is 2. The molecule has 1 amide bonds. The number of carboxylic acid groups (broad SMARTS) is 1. The van der Waals surface area contributed by atoms with E-state index in [0.717, 1.165) is 17.3 Å². The zero-order valence-electron chi connectivity index (χ0n) is 32.0. The van der Waals surface area contributed by atoms with Crippen molar-refractivity contribution in [2.24, 2.45) is 5.73 Å². The first-order valence-electron chi connectivity index (χ1n) is 17.8. The number of fused-ring (bicyclic) bond motifs is 1. The van der Waals surface area contributed by atoms with Crippen molar-refractivity contribution >= 4 is 55.2 Å². The summed E-state index contributed by atoms with van der Waals surface area (Å²) in [7, 11) is -1.50. The summed E-state index contributed by atoms with van der Waals surface area (Å²) < 4.78 is 66.0. The summed E-state index contributed by atoms with van der Waals surface area (Å²) in [6.45, 7) is 4.98. The Morgan fingerprint density at radius 2 is 1.58 bits per heavy atom. The van der Waals surface area contributed by atoms with Gasteiger partial charge in [0.2, 0.25) is 11.9 Å². The van der Waals surface area contributed by atoms with Crippen LogP contribution in [0.5, 0.6) is 11.5 Å². The fourth-order valence-corrected chi connectivity index (χ4v) is 5.68. The molecule has 60 heavy (non-hydrogen) atoms. The van der Waals surface area contributed by atoms with Gasteiger partial charge in [-0.2, -0.15) is 18.2 Å². The van der Waals surface area contributed by atoms with Gasteiger partial charge in [0.25, 0.3) is 5.56 Å². The molecule has 0 saturated heterocycles. The zero-order chi connectivity index (χ0) is 43.8. The minimum absolute atomic E-state index is 0.00258. The number of benzene rings is 3. The normalized spacial score (nSPS) is 11.1. The second-order valence-corrected chi connectivity index (χ2v) is 13.3. The maximum atomic E-state index is 13.2. The van der Waals surface area contributed by atoms with Gasteiger partial charge in [-0.3, -0.25) is 24.2 Å². The van der Waals surface area contributed by atoms with Crippen LogP contribution in [0.3, 0.4) is 0 Å². The van der Waals surface area contributed by atoms with Crippen LogP contribution < -0.4 is 31.8 Å². The summed E-state index contributed by atoms with van der Waals surface area (Å²) in [6.07, 6.45) is -4.02. The van der Waals surface area contributed by atoms with Gasteiger partial charge >= 0.3 is 32.7 Å². The molecular weight excluding hydrogens is 818 g/mol. The number of primary amides is 1. The summed E-state index contributed by atoms with van der Waals surface area (Å²) in [5.41, 5.74) is 11.5. The highest BCUT2D eigenvalue weighted by atomic mass is 31.2. The van der Waals surface area contributed by atoms with Gasteiger partial charge < -0.3 is 44.9 Å². The molecule has 0 bridgehead atoms. The lowest BCUT2D eigenvalue weighted by molar-refractivity contribution is -0.140. The van der Waals surface area contributed by atoms with Gasteiger partial charge in [-0.1, -0.05) is 12.1 Å². The summed E-state index contributed by atoms with van der Waals surface area (Å²) in [5, 5.41) is 11.8. The van der Waals surface area contributed by atoms with Crippen LogP contribution in [0.15, 0.2) is 77.7 Å². The number of anilines is 2. The van der Waals surface area contributed by atoms with Crippen molar-refractivity contribution in [2.75, 3.05) is 24.3 Å². The molecular formula is C38H39F3N7O11P. The van der Waals surface area contributed by atoms with Gasteiger partial charge in [0, 0.05) is 24.1 Å². The number of hydrogen-bond donors (Lipinski definition) is 5. The second kappa shape index (κ2) is 22.0. The third-order valence-electron chi connectivity index (χ3n) is 7.59. The fraction of sp³-hybridized carbons (Fsp3) is 0.263. The van der Waals surface area contributed by atoms with Crippen LogP contribution in [0.4, 0.5) is 24.8 Å². The predicted octanol–water partition coefficient (Wildman–Crippen LogP) is 5.91. The number of nitrogens with one attached hydrogen (secondary N) is 2. The first-order valence-corrected chi connectivity index (χ1v) is 18.9. The van der Waals surface area contributed by atoms with Crippen LogP contribution in [-0.4, -0.2) is 62.1 Å². The Balaban J connectivity index is 0.000000293. The van der Waals surface area contributed by atoms with Crippen LogP contribution in [0.25, 0.3) is 11.2 Å². The standard InChI is InChI=1S/C24H26F3O9P.C14H13N7O2/c1-3-32-37(33-4-2)34-15-16-8-11-18(12-9-16)35-23(31)19-13-10-17(24(25,26)27)14-20(19)36-22(30)7-5-6-21(28)29;15-11(22)7-1-3-8(4-2-7)17-5-9-6-18-12-10(19-9)13(23)21-14(16)20-12/h8-14H,3-7,15H2,1-2H3,(H,28,29);1-4,6,17H,5H2,(H2,15,22)(H3,16,18,20,21,23). The molecule has 22 heteroatoms. The van der Waals surface area contributed by atoms with E-state index in [2.05, 4.69) is 25.3 Å². The van der Waals surface area contributed by atoms with E-state index in [0.29, 0.717) is 43.1 Å². The molecule has 5 aromatic rings. The number of carbonyl (C=O) groups is 4. The van der Waals surface area contributed by atoms with Gasteiger partial charge in [0.15, 0.2) is 11.2 Å². The highest BCUT2D eigenvalue weighted by Crippen LogP contribution is 2.40. The van der Waals surface area contributed by atoms with Gasteiger partial charge in [-0.05, 0) is 80.4 Å². The van der Waals surface area contributed by atoms with E-state index in [1.54, 1.807) is 36.4 Å². The minimum atomic E-state index is -4.75. The average Bonchev–Trinajstić information content (AvgIpc) is 3.20. The molecule has 0 saturated carbocycles. The smallest absolute Gasteiger partial charge is 0.416 e. The number of hydrogen-bond acceptors (Lipinski definition) is 15. The van der Waals surface area contributed by atoms with Crippen LogP contribution in [0, 0.1) is 0 Å². The van der Waals surface area contributed by atoms with E-state index in [4.69, 9.17) is 39.6 Å². The Morgan fingerprint density at radius 3 is 2.20 bits per heavy atom. The van der Waals surface area contributed by atoms with E-state index in [1.165, 1.54) is 18.3 Å². The van der Waals surface area contributed by atoms with Gasteiger partial charge in [0.1, 0.15) is 17.1 Å². The van der Waals surface area contributed by atoms with Crippen molar-refractivity contribution < 1.29 is 60.5 Å². The number of aromatic amines is 1. The number of rotatable bonds is 18. The summed E-state index contributed by atoms with van der Waals surface area (Å²) in [5.74, 6) is -4.23. The molecule has 0 fully saturated rings. The van der Waals surface area contributed by atoms with Crippen LogP contribution >= 0.6 is 8.60 Å². The topological polar surface area (TPSA) is 270 Å². The molecule has 0 spiro atoms. The number of carboxylic acids is 1. The number of aliphatic carboxylic acids is 1. The molecule has 2 aromatic heterocycles.